The fourth-order valence-corrected chi connectivity index (χ4v) is 4.18. The van der Waals surface area contributed by atoms with Crippen LogP contribution in [0.15, 0.2) is 15.4 Å². The first-order valence-corrected chi connectivity index (χ1v) is 9.30. The third-order valence-electron chi connectivity index (χ3n) is 3.82. The standard InChI is InChI=1S/C13H17BrClFN2O2S/c1-2-3-13(4-5-13)7-18-21(19,20)9-6-8(15)10(14)12(17)11(9)16/h6,18H,2-5,7,17H2,1H3. The minimum absolute atomic E-state index is 0.0308. The van der Waals surface area contributed by atoms with E-state index in [0.717, 1.165) is 31.7 Å². The van der Waals surface area contributed by atoms with Gasteiger partial charge in [0.2, 0.25) is 10.0 Å². The van der Waals surface area contributed by atoms with Crippen molar-refractivity contribution in [2.45, 2.75) is 37.5 Å². The predicted octanol–water partition coefficient (Wildman–Crippen LogP) is 3.68. The van der Waals surface area contributed by atoms with Crippen LogP contribution >= 0.6 is 27.5 Å². The molecule has 0 bridgehead atoms. The minimum atomic E-state index is -3.97. The summed E-state index contributed by atoms with van der Waals surface area (Å²) in [5, 5.41) is 0.0592. The molecule has 21 heavy (non-hydrogen) atoms. The summed E-state index contributed by atoms with van der Waals surface area (Å²) in [4.78, 5) is -0.513. The Kier molecular flexibility index (Phi) is 4.87. The summed E-state index contributed by atoms with van der Waals surface area (Å²) in [6.07, 6.45) is 3.94. The molecule has 0 saturated heterocycles. The maximum absolute atomic E-state index is 14.1. The summed E-state index contributed by atoms with van der Waals surface area (Å²) < 4.78 is 41.3. The van der Waals surface area contributed by atoms with Crippen LogP contribution in [0.4, 0.5) is 10.1 Å². The van der Waals surface area contributed by atoms with Crippen molar-refractivity contribution in [1.82, 2.24) is 4.72 Å². The Balaban J connectivity index is 2.24. The molecule has 8 heteroatoms. The van der Waals surface area contributed by atoms with Crippen LogP contribution in [0.1, 0.15) is 32.6 Å². The molecule has 2 rings (SSSR count). The van der Waals surface area contributed by atoms with E-state index < -0.39 is 20.7 Å². The molecule has 1 aliphatic carbocycles. The van der Waals surface area contributed by atoms with Crippen molar-refractivity contribution in [2.24, 2.45) is 5.41 Å². The summed E-state index contributed by atoms with van der Waals surface area (Å²) in [5.74, 6) is -0.987. The van der Waals surface area contributed by atoms with E-state index >= 15 is 0 Å². The molecule has 0 unspecified atom stereocenters. The second-order valence-corrected chi connectivity index (χ2v) is 8.41. The van der Waals surface area contributed by atoms with Crippen LogP contribution in [0, 0.1) is 11.2 Å². The van der Waals surface area contributed by atoms with E-state index in [0.29, 0.717) is 6.54 Å². The number of hydrogen-bond donors (Lipinski definition) is 2. The predicted molar refractivity (Wildman–Crippen MR) is 85.3 cm³/mol. The number of rotatable bonds is 6. The van der Waals surface area contributed by atoms with Gasteiger partial charge < -0.3 is 5.73 Å². The van der Waals surface area contributed by atoms with E-state index in [1.165, 1.54) is 0 Å². The molecule has 1 aromatic carbocycles. The van der Waals surface area contributed by atoms with Gasteiger partial charge in [0.05, 0.1) is 15.2 Å². The first-order valence-electron chi connectivity index (χ1n) is 6.65. The molecule has 0 heterocycles. The van der Waals surface area contributed by atoms with Crippen LogP contribution in [-0.4, -0.2) is 15.0 Å². The quantitative estimate of drug-likeness (QED) is 0.566. The summed E-state index contributed by atoms with van der Waals surface area (Å²) in [5.41, 5.74) is 5.25. The van der Waals surface area contributed by atoms with Gasteiger partial charge >= 0.3 is 0 Å². The van der Waals surface area contributed by atoms with E-state index in [2.05, 4.69) is 27.6 Å². The largest absolute Gasteiger partial charge is 0.395 e. The van der Waals surface area contributed by atoms with Gasteiger partial charge in [-0.2, -0.15) is 0 Å². The molecule has 0 aromatic heterocycles. The van der Waals surface area contributed by atoms with Crippen molar-refractivity contribution >= 4 is 43.2 Å². The fourth-order valence-electron chi connectivity index (χ4n) is 2.34. The zero-order chi connectivity index (χ0) is 15.8. The van der Waals surface area contributed by atoms with Crippen LogP contribution < -0.4 is 10.5 Å². The molecule has 1 saturated carbocycles. The van der Waals surface area contributed by atoms with Gasteiger partial charge in [-0.1, -0.05) is 24.9 Å². The third kappa shape index (κ3) is 3.52. The molecular weight excluding hydrogens is 383 g/mol. The molecular formula is C13H17BrClFN2O2S. The third-order valence-corrected chi connectivity index (χ3v) is 6.60. The Morgan fingerprint density at radius 1 is 1.52 bits per heavy atom. The van der Waals surface area contributed by atoms with Gasteiger partial charge in [-0.3, -0.25) is 0 Å². The van der Waals surface area contributed by atoms with Gasteiger partial charge in [0.1, 0.15) is 4.90 Å². The maximum atomic E-state index is 14.1. The average molecular weight is 400 g/mol. The van der Waals surface area contributed by atoms with Crippen LogP contribution in [0.5, 0.6) is 0 Å². The number of nitrogens with one attached hydrogen (secondary N) is 1. The van der Waals surface area contributed by atoms with Crippen LogP contribution in [0.3, 0.4) is 0 Å². The van der Waals surface area contributed by atoms with Crippen LogP contribution in [-0.2, 0) is 10.0 Å². The molecule has 0 aliphatic heterocycles. The molecule has 0 amide bonds. The monoisotopic (exact) mass is 398 g/mol. The zero-order valence-corrected chi connectivity index (χ0v) is 14.7. The Morgan fingerprint density at radius 2 is 2.14 bits per heavy atom. The lowest BCUT2D eigenvalue weighted by molar-refractivity contribution is 0.448. The van der Waals surface area contributed by atoms with E-state index in [-0.39, 0.29) is 20.6 Å². The van der Waals surface area contributed by atoms with Crippen molar-refractivity contribution in [3.05, 3.63) is 21.4 Å². The highest BCUT2D eigenvalue weighted by Gasteiger charge is 2.42. The molecule has 0 spiro atoms. The minimum Gasteiger partial charge on any atom is -0.395 e. The summed E-state index contributed by atoms with van der Waals surface area (Å²) in [6, 6.07) is 1.07. The first kappa shape index (κ1) is 17.0. The van der Waals surface area contributed by atoms with Gasteiger partial charge in [-0.15, -0.1) is 0 Å². The number of hydrogen-bond acceptors (Lipinski definition) is 3. The highest BCUT2D eigenvalue weighted by molar-refractivity contribution is 9.10. The summed E-state index contributed by atoms with van der Waals surface area (Å²) >= 11 is 8.88. The lowest BCUT2D eigenvalue weighted by Crippen LogP contribution is -2.31. The van der Waals surface area contributed by atoms with Crippen molar-refractivity contribution < 1.29 is 12.8 Å². The van der Waals surface area contributed by atoms with E-state index in [1.54, 1.807) is 0 Å². The van der Waals surface area contributed by atoms with Crippen molar-refractivity contribution in [1.29, 1.82) is 0 Å². The number of benzene rings is 1. The smallest absolute Gasteiger partial charge is 0.243 e. The molecule has 0 atom stereocenters. The molecule has 1 aromatic rings. The van der Waals surface area contributed by atoms with Gasteiger partial charge in [-0.05, 0) is 46.7 Å². The highest BCUT2D eigenvalue weighted by Crippen LogP contribution is 2.49. The Morgan fingerprint density at radius 3 is 2.67 bits per heavy atom. The molecule has 1 fully saturated rings. The van der Waals surface area contributed by atoms with Crippen molar-refractivity contribution in [2.75, 3.05) is 12.3 Å². The second kappa shape index (κ2) is 6.02. The number of halogens is 3. The first-order chi connectivity index (χ1) is 9.72. The highest BCUT2D eigenvalue weighted by atomic mass is 79.9. The summed E-state index contributed by atoms with van der Waals surface area (Å²) in [6.45, 7) is 2.37. The number of nitrogens with two attached hydrogens (primary N) is 1. The second-order valence-electron chi connectivity index (χ2n) is 5.47. The average Bonchev–Trinajstić information content (AvgIpc) is 3.19. The maximum Gasteiger partial charge on any atom is 0.243 e. The summed E-state index contributed by atoms with van der Waals surface area (Å²) in [7, 11) is -3.97. The van der Waals surface area contributed by atoms with Gasteiger partial charge in [0.15, 0.2) is 5.82 Å². The number of sulfonamides is 1. The molecule has 1 aliphatic rings. The van der Waals surface area contributed by atoms with Gasteiger partial charge in [0.25, 0.3) is 0 Å². The molecule has 118 valence electrons. The normalized spacial score (nSPS) is 17.0. The van der Waals surface area contributed by atoms with Crippen LogP contribution in [0.2, 0.25) is 5.02 Å². The fraction of sp³-hybridized carbons (Fsp3) is 0.538. The van der Waals surface area contributed by atoms with Crippen molar-refractivity contribution in [3.8, 4) is 0 Å². The number of nitrogen functional groups attached to an aromatic ring is 1. The topological polar surface area (TPSA) is 72.2 Å². The van der Waals surface area contributed by atoms with E-state index in [1.807, 2.05) is 0 Å². The number of anilines is 1. The molecule has 3 N–H and O–H groups in total. The van der Waals surface area contributed by atoms with Gasteiger partial charge in [-0.25, -0.2) is 17.5 Å². The van der Waals surface area contributed by atoms with E-state index in [4.69, 9.17) is 17.3 Å². The Bertz CT molecular complexity index is 663. The van der Waals surface area contributed by atoms with Gasteiger partial charge in [0, 0.05) is 6.54 Å². The van der Waals surface area contributed by atoms with E-state index in [9.17, 15) is 12.8 Å². The zero-order valence-electron chi connectivity index (χ0n) is 11.5. The Labute approximate surface area is 137 Å². The van der Waals surface area contributed by atoms with Crippen molar-refractivity contribution in [3.63, 3.8) is 0 Å². The lowest BCUT2D eigenvalue weighted by Gasteiger charge is -2.16. The molecule has 0 radical (unpaired) electrons. The molecule has 4 nitrogen and oxygen atoms in total. The SMILES string of the molecule is CCCC1(CNS(=O)(=O)c2cc(Cl)c(Br)c(N)c2F)CC1. The lowest BCUT2D eigenvalue weighted by atomic mass is 10.0. The van der Waals surface area contributed by atoms with Crippen LogP contribution in [0.25, 0.3) is 0 Å². The Hall–Kier alpha value is -0.370.